The highest BCUT2D eigenvalue weighted by Crippen LogP contribution is 2.17. The Balaban J connectivity index is 1.59. The number of nitrogens with one attached hydrogen (secondary N) is 1. The number of benzene rings is 2. The van der Waals surface area contributed by atoms with E-state index < -0.39 is 0 Å². The molecule has 0 radical (unpaired) electrons. The van der Waals surface area contributed by atoms with Crippen LogP contribution in [0.15, 0.2) is 77.9 Å². The van der Waals surface area contributed by atoms with Crippen LogP contribution in [0, 0.1) is 0 Å². The van der Waals surface area contributed by atoms with Crippen molar-refractivity contribution in [2.75, 3.05) is 7.05 Å². The van der Waals surface area contributed by atoms with E-state index in [4.69, 9.17) is 0 Å². The summed E-state index contributed by atoms with van der Waals surface area (Å²) in [5.74, 6) is 0.574. The number of nitrogens with zero attached hydrogens (tertiary/aromatic N) is 3. The molecule has 0 atom stereocenters. The first kappa shape index (κ1) is 17.7. The zero-order chi connectivity index (χ0) is 19.5. The van der Waals surface area contributed by atoms with E-state index in [1.54, 1.807) is 24.2 Å². The third-order valence-corrected chi connectivity index (χ3v) is 4.70. The molecular weight excluding hydrogens is 352 g/mol. The number of rotatable bonds is 5. The minimum Gasteiger partial charge on any atom is -0.334 e. The number of para-hydroxylation sites is 1. The van der Waals surface area contributed by atoms with Crippen LogP contribution in [-0.2, 0) is 13.1 Å². The normalized spacial score (nSPS) is 10.9. The number of amides is 1. The topological polar surface area (TPSA) is 71.0 Å². The third kappa shape index (κ3) is 3.57. The summed E-state index contributed by atoms with van der Waals surface area (Å²) in [4.78, 5) is 33.8. The van der Waals surface area contributed by atoms with E-state index in [-0.39, 0.29) is 11.5 Å². The van der Waals surface area contributed by atoms with Crippen molar-refractivity contribution in [1.82, 2.24) is 19.4 Å². The van der Waals surface area contributed by atoms with Gasteiger partial charge in [-0.15, -0.1) is 0 Å². The number of H-pyrrole nitrogens is 1. The van der Waals surface area contributed by atoms with Gasteiger partial charge in [0.25, 0.3) is 5.91 Å². The number of hydrogen-bond acceptors (Lipinski definition) is 3. The first-order valence-electron chi connectivity index (χ1n) is 9.03. The molecule has 0 saturated carbocycles. The maximum absolute atomic E-state index is 13.0. The molecule has 140 valence electrons. The minimum atomic E-state index is -0.291. The molecule has 2 aromatic carbocycles. The summed E-state index contributed by atoms with van der Waals surface area (Å²) in [5, 5.41) is 0.728. The van der Waals surface area contributed by atoms with Gasteiger partial charge in [-0.1, -0.05) is 48.5 Å². The van der Waals surface area contributed by atoms with Gasteiger partial charge in [-0.2, -0.15) is 0 Å². The van der Waals surface area contributed by atoms with Gasteiger partial charge in [0.15, 0.2) is 0 Å². The van der Waals surface area contributed by atoms with Gasteiger partial charge < -0.3 is 14.5 Å². The van der Waals surface area contributed by atoms with Gasteiger partial charge in [0.1, 0.15) is 5.82 Å². The van der Waals surface area contributed by atoms with Crippen molar-refractivity contribution in [2.24, 2.45) is 0 Å². The molecule has 0 aliphatic heterocycles. The Hall–Kier alpha value is -3.67. The number of carbonyl (C=O) groups is 1. The fourth-order valence-electron chi connectivity index (χ4n) is 3.29. The fraction of sp³-hybridized carbons (Fsp3) is 0.136. The molecule has 0 fully saturated rings. The summed E-state index contributed by atoms with van der Waals surface area (Å²) < 4.78 is 2.02. The highest BCUT2D eigenvalue weighted by atomic mass is 16.2. The van der Waals surface area contributed by atoms with E-state index in [0.717, 1.165) is 16.8 Å². The van der Waals surface area contributed by atoms with E-state index >= 15 is 0 Å². The molecule has 6 heteroatoms. The van der Waals surface area contributed by atoms with Crippen molar-refractivity contribution in [3.8, 4) is 0 Å². The van der Waals surface area contributed by atoms with Crippen molar-refractivity contribution >= 4 is 16.8 Å². The number of aromatic nitrogens is 3. The minimum absolute atomic E-state index is 0.212. The Morgan fingerprint density at radius 2 is 1.86 bits per heavy atom. The molecular formula is C22H20N4O2. The van der Waals surface area contributed by atoms with Crippen LogP contribution < -0.4 is 5.56 Å². The zero-order valence-corrected chi connectivity index (χ0v) is 15.5. The summed E-state index contributed by atoms with van der Waals surface area (Å²) >= 11 is 0. The summed E-state index contributed by atoms with van der Waals surface area (Å²) in [5.41, 5.74) is 1.91. The van der Waals surface area contributed by atoms with Crippen LogP contribution in [0.3, 0.4) is 0 Å². The van der Waals surface area contributed by atoms with E-state index in [0.29, 0.717) is 24.2 Å². The van der Waals surface area contributed by atoms with Gasteiger partial charge in [0.05, 0.1) is 12.1 Å². The average molecular weight is 372 g/mol. The molecule has 6 nitrogen and oxygen atoms in total. The van der Waals surface area contributed by atoms with Crippen LogP contribution in [0.2, 0.25) is 0 Å². The first-order valence-corrected chi connectivity index (χ1v) is 9.03. The molecule has 0 saturated heterocycles. The lowest BCUT2D eigenvalue weighted by Gasteiger charge is -2.19. The van der Waals surface area contributed by atoms with Crippen LogP contribution in [0.25, 0.3) is 10.9 Å². The zero-order valence-electron chi connectivity index (χ0n) is 15.5. The quantitative estimate of drug-likeness (QED) is 0.585. The lowest BCUT2D eigenvalue weighted by molar-refractivity contribution is 0.0782. The van der Waals surface area contributed by atoms with Crippen molar-refractivity contribution in [3.63, 3.8) is 0 Å². The molecule has 0 aliphatic carbocycles. The van der Waals surface area contributed by atoms with Crippen LogP contribution in [0.1, 0.15) is 21.7 Å². The summed E-state index contributed by atoms with van der Waals surface area (Å²) in [7, 11) is 1.72. The van der Waals surface area contributed by atoms with Crippen LogP contribution in [0.4, 0.5) is 0 Å². The first-order chi connectivity index (χ1) is 13.6. The van der Waals surface area contributed by atoms with E-state index in [9.17, 15) is 9.59 Å². The average Bonchev–Trinajstić information content (AvgIpc) is 3.14. The van der Waals surface area contributed by atoms with Crippen LogP contribution in [0.5, 0.6) is 0 Å². The van der Waals surface area contributed by atoms with E-state index in [1.165, 1.54) is 6.07 Å². The number of pyridine rings is 1. The lowest BCUT2D eigenvalue weighted by atomic mass is 10.1. The molecule has 0 unspecified atom stereocenters. The molecule has 1 amide bonds. The number of imidazole rings is 1. The fourth-order valence-corrected chi connectivity index (χ4v) is 3.29. The van der Waals surface area contributed by atoms with Crippen LogP contribution in [-0.4, -0.2) is 32.4 Å². The second-order valence-electron chi connectivity index (χ2n) is 6.71. The van der Waals surface area contributed by atoms with Gasteiger partial charge >= 0.3 is 0 Å². The predicted molar refractivity (Wildman–Crippen MR) is 108 cm³/mol. The standard InChI is InChI=1S/C22H20N4O2/c1-25(15-20-23-11-12-26(20)14-16-7-3-2-4-8-16)22(28)18-13-21(27)24-19-10-6-5-9-17(18)19/h2-13H,14-15H2,1H3,(H,24,27). The van der Waals surface area contributed by atoms with Gasteiger partial charge in [-0.05, 0) is 11.6 Å². The van der Waals surface area contributed by atoms with E-state index in [1.807, 2.05) is 47.2 Å². The smallest absolute Gasteiger partial charge is 0.254 e. The number of hydrogen-bond donors (Lipinski definition) is 1. The molecule has 0 bridgehead atoms. The molecule has 2 heterocycles. The highest BCUT2D eigenvalue weighted by molar-refractivity contribution is 6.05. The maximum atomic E-state index is 13.0. The molecule has 0 spiro atoms. The van der Waals surface area contributed by atoms with Crippen molar-refractivity contribution in [1.29, 1.82) is 0 Å². The van der Waals surface area contributed by atoms with Gasteiger partial charge in [-0.3, -0.25) is 9.59 Å². The Labute approximate surface area is 162 Å². The van der Waals surface area contributed by atoms with Crippen LogP contribution >= 0.6 is 0 Å². The number of carbonyl (C=O) groups excluding carboxylic acids is 1. The Kier molecular flexibility index (Phi) is 4.76. The number of aromatic amines is 1. The monoisotopic (exact) mass is 372 g/mol. The Bertz CT molecular complexity index is 1180. The van der Waals surface area contributed by atoms with Gasteiger partial charge in [0, 0.05) is 43.0 Å². The van der Waals surface area contributed by atoms with Crippen molar-refractivity contribution < 1.29 is 4.79 Å². The number of fused-ring (bicyclic) bond motifs is 1. The van der Waals surface area contributed by atoms with Crippen molar-refractivity contribution in [2.45, 2.75) is 13.1 Å². The highest BCUT2D eigenvalue weighted by Gasteiger charge is 2.18. The molecule has 28 heavy (non-hydrogen) atoms. The summed E-state index contributed by atoms with van der Waals surface area (Å²) in [6.45, 7) is 1.03. The largest absolute Gasteiger partial charge is 0.334 e. The van der Waals surface area contributed by atoms with Gasteiger partial charge in [0.2, 0.25) is 5.56 Å². The summed E-state index contributed by atoms with van der Waals surface area (Å²) in [6, 6.07) is 18.8. The molecule has 4 rings (SSSR count). The Morgan fingerprint density at radius 3 is 2.68 bits per heavy atom. The van der Waals surface area contributed by atoms with Gasteiger partial charge in [-0.25, -0.2) is 4.98 Å². The van der Waals surface area contributed by atoms with E-state index in [2.05, 4.69) is 22.1 Å². The van der Waals surface area contributed by atoms with Crippen molar-refractivity contribution in [3.05, 3.63) is 100 Å². The summed E-state index contributed by atoms with van der Waals surface area (Å²) in [6.07, 6.45) is 3.64. The SMILES string of the molecule is CN(Cc1nccn1Cc1ccccc1)C(=O)c1cc(=O)[nH]c2ccccc12. The lowest BCUT2D eigenvalue weighted by Crippen LogP contribution is -2.29. The molecule has 1 N–H and O–H groups in total. The molecule has 2 aromatic heterocycles. The second kappa shape index (κ2) is 7.52. The maximum Gasteiger partial charge on any atom is 0.254 e. The second-order valence-corrected chi connectivity index (χ2v) is 6.71. The third-order valence-electron chi connectivity index (χ3n) is 4.70. The predicted octanol–water partition coefficient (Wildman–Crippen LogP) is 3.05. The molecule has 4 aromatic rings. The molecule has 0 aliphatic rings. The Morgan fingerprint density at radius 1 is 1.11 bits per heavy atom.